The van der Waals surface area contributed by atoms with Gasteiger partial charge in [-0.3, -0.25) is 5.32 Å². The monoisotopic (exact) mass is 533 g/mol. The zero-order valence-electron chi connectivity index (χ0n) is 21.0. The van der Waals surface area contributed by atoms with Crippen LogP contribution in [0.1, 0.15) is 67.0 Å². The van der Waals surface area contributed by atoms with Crippen molar-refractivity contribution in [1.29, 1.82) is 0 Å². The molecule has 1 aliphatic heterocycles. The van der Waals surface area contributed by atoms with E-state index in [-0.39, 0.29) is 11.6 Å². The van der Waals surface area contributed by atoms with Gasteiger partial charge in [0.05, 0.1) is 17.2 Å². The molecule has 1 N–H and O–H groups in total. The molecule has 11 heteroatoms. The summed E-state index contributed by atoms with van der Waals surface area (Å²) in [4.78, 5) is 16.5. The number of alkyl halides is 6. The summed E-state index contributed by atoms with van der Waals surface area (Å²) in [7, 11) is 1.35. The molecule has 3 rings (SSSR count). The van der Waals surface area contributed by atoms with Crippen molar-refractivity contribution in [2.24, 2.45) is 0 Å². The maximum Gasteiger partial charge on any atom is 0.416 e. The lowest BCUT2D eigenvalue weighted by molar-refractivity contribution is -0.143. The van der Waals surface area contributed by atoms with Gasteiger partial charge in [0.25, 0.3) is 0 Å². The number of nitrogens with one attached hydrogen (secondary N) is 1. The second-order valence-corrected chi connectivity index (χ2v) is 9.37. The molecular weight excluding hydrogens is 503 g/mol. The zero-order chi connectivity index (χ0) is 27.8. The lowest BCUT2D eigenvalue weighted by Crippen LogP contribution is -2.63. The number of piperidine rings is 1. The highest BCUT2D eigenvalue weighted by Gasteiger charge is 2.45. The van der Waals surface area contributed by atoms with Crippen molar-refractivity contribution < 1.29 is 35.5 Å². The lowest BCUT2D eigenvalue weighted by atomic mass is 9.85. The van der Waals surface area contributed by atoms with Gasteiger partial charge in [0.15, 0.2) is 0 Å². The van der Waals surface area contributed by atoms with Crippen molar-refractivity contribution in [1.82, 2.24) is 15.1 Å². The maximum atomic E-state index is 13.9. The standard InChI is InChI=1S/C26H30F7N3O/c1-5-34-24(22-9-8-21(27)12-16(22)2)10-6-7-11-36(24)23(37)35(4)17(3)18-13-19(25(28,29)30)15-20(14-18)26(31,32)33/h8-9,12-15,17,34H,5-7,10-11H2,1-4H3/t17-,24?/m1/s1. The first-order chi connectivity index (χ1) is 17.1. The third-order valence-electron chi connectivity index (χ3n) is 6.94. The van der Waals surface area contributed by atoms with E-state index in [0.717, 1.165) is 11.3 Å². The Labute approximate surface area is 211 Å². The fourth-order valence-electron chi connectivity index (χ4n) is 4.98. The third kappa shape index (κ3) is 5.86. The highest BCUT2D eigenvalue weighted by molar-refractivity contribution is 5.76. The molecule has 1 saturated heterocycles. The number of benzene rings is 2. The predicted molar refractivity (Wildman–Crippen MR) is 125 cm³/mol. The van der Waals surface area contributed by atoms with Crippen LogP contribution in [0.25, 0.3) is 0 Å². The average molecular weight is 534 g/mol. The number of hydrogen-bond donors (Lipinski definition) is 1. The summed E-state index contributed by atoms with van der Waals surface area (Å²) in [6.07, 6.45) is -8.07. The number of amides is 2. The molecule has 0 aromatic heterocycles. The first-order valence-electron chi connectivity index (χ1n) is 12.0. The molecule has 0 aliphatic carbocycles. The summed E-state index contributed by atoms with van der Waals surface area (Å²) in [5.41, 5.74) is -2.88. The van der Waals surface area contributed by atoms with E-state index in [1.807, 2.05) is 6.92 Å². The number of carbonyl (C=O) groups excluding carboxylic acids is 1. The summed E-state index contributed by atoms with van der Waals surface area (Å²) in [5, 5.41) is 3.36. The number of nitrogens with zero attached hydrogens (tertiary/aromatic N) is 2. The van der Waals surface area contributed by atoms with Crippen LogP contribution >= 0.6 is 0 Å². The van der Waals surface area contributed by atoms with Gasteiger partial charge in [-0.25, -0.2) is 9.18 Å². The average Bonchev–Trinajstić information content (AvgIpc) is 2.81. The van der Waals surface area contributed by atoms with Crippen LogP contribution < -0.4 is 5.32 Å². The van der Waals surface area contributed by atoms with E-state index >= 15 is 0 Å². The Morgan fingerprint density at radius 1 is 1.05 bits per heavy atom. The van der Waals surface area contributed by atoms with Crippen molar-refractivity contribution in [3.05, 3.63) is 70.0 Å². The first-order valence-corrected chi connectivity index (χ1v) is 12.0. The summed E-state index contributed by atoms with van der Waals surface area (Å²) >= 11 is 0. The molecule has 1 heterocycles. The smallest absolute Gasteiger partial charge is 0.321 e. The zero-order valence-corrected chi connectivity index (χ0v) is 21.0. The maximum absolute atomic E-state index is 13.9. The van der Waals surface area contributed by atoms with Gasteiger partial charge in [0.1, 0.15) is 11.5 Å². The molecule has 2 atom stereocenters. The Morgan fingerprint density at radius 2 is 1.65 bits per heavy atom. The number of aryl methyl sites for hydroxylation is 1. The van der Waals surface area contributed by atoms with Crippen molar-refractivity contribution >= 4 is 6.03 Å². The van der Waals surface area contributed by atoms with E-state index in [9.17, 15) is 35.5 Å². The molecule has 2 aromatic rings. The van der Waals surface area contributed by atoms with Crippen LogP contribution in [-0.2, 0) is 18.0 Å². The topological polar surface area (TPSA) is 35.6 Å². The number of hydrogen-bond acceptors (Lipinski definition) is 2. The quantitative estimate of drug-likeness (QED) is 0.412. The van der Waals surface area contributed by atoms with Crippen LogP contribution in [0.15, 0.2) is 36.4 Å². The van der Waals surface area contributed by atoms with Crippen LogP contribution in [0.5, 0.6) is 0 Å². The van der Waals surface area contributed by atoms with Crippen molar-refractivity contribution in [2.75, 3.05) is 20.1 Å². The van der Waals surface area contributed by atoms with Gasteiger partial charge in [0, 0.05) is 13.6 Å². The largest absolute Gasteiger partial charge is 0.416 e. The van der Waals surface area contributed by atoms with Crippen molar-refractivity contribution in [2.45, 2.75) is 64.1 Å². The highest BCUT2D eigenvalue weighted by Crippen LogP contribution is 2.41. The molecule has 1 unspecified atom stereocenters. The Morgan fingerprint density at radius 3 is 2.16 bits per heavy atom. The summed E-state index contributed by atoms with van der Waals surface area (Å²) in [6, 6.07) is 3.93. The summed E-state index contributed by atoms with van der Waals surface area (Å²) < 4.78 is 94.3. The van der Waals surface area contributed by atoms with E-state index in [0.29, 0.717) is 49.2 Å². The molecule has 204 valence electrons. The summed E-state index contributed by atoms with van der Waals surface area (Å²) in [6.45, 7) is 5.72. The number of urea groups is 1. The van der Waals surface area contributed by atoms with E-state index in [4.69, 9.17) is 0 Å². The Balaban J connectivity index is 2.04. The SMILES string of the molecule is CCNC1(c2ccc(F)cc2C)CCCCN1C(=O)N(C)[C@H](C)c1cc(C(F)(F)F)cc(C(F)(F)F)c1. The fourth-order valence-corrected chi connectivity index (χ4v) is 4.98. The lowest BCUT2D eigenvalue weighted by Gasteiger charge is -2.50. The Hall–Kier alpha value is -2.82. The van der Waals surface area contributed by atoms with Gasteiger partial charge in [0.2, 0.25) is 0 Å². The van der Waals surface area contributed by atoms with Gasteiger partial charge in [-0.2, -0.15) is 26.3 Å². The van der Waals surface area contributed by atoms with E-state index in [1.54, 1.807) is 17.9 Å². The van der Waals surface area contributed by atoms with Gasteiger partial charge < -0.3 is 9.80 Å². The highest BCUT2D eigenvalue weighted by atomic mass is 19.4. The molecule has 0 bridgehead atoms. The van der Waals surface area contributed by atoms with Crippen LogP contribution in [0, 0.1) is 12.7 Å². The molecule has 0 saturated carbocycles. The van der Waals surface area contributed by atoms with Crippen LogP contribution in [0.4, 0.5) is 35.5 Å². The molecule has 4 nitrogen and oxygen atoms in total. The first kappa shape index (κ1) is 28.7. The second-order valence-electron chi connectivity index (χ2n) is 9.37. The number of halogens is 7. The predicted octanol–water partition coefficient (Wildman–Crippen LogP) is 7.23. The van der Waals surface area contributed by atoms with E-state index in [2.05, 4.69) is 5.32 Å². The van der Waals surface area contributed by atoms with Crippen molar-refractivity contribution in [3.63, 3.8) is 0 Å². The number of rotatable bonds is 5. The van der Waals surface area contributed by atoms with Crippen LogP contribution in [0.2, 0.25) is 0 Å². The van der Waals surface area contributed by atoms with Gasteiger partial charge in [-0.05, 0) is 86.7 Å². The number of likely N-dealkylation sites (tertiary alicyclic amines) is 1. The van der Waals surface area contributed by atoms with Crippen LogP contribution in [-0.4, -0.2) is 36.0 Å². The van der Waals surface area contributed by atoms with Gasteiger partial charge >= 0.3 is 18.4 Å². The normalized spacial score (nSPS) is 19.6. The molecule has 2 aromatic carbocycles. The number of carbonyl (C=O) groups is 1. The van der Waals surface area contributed by atoms with Crippen LogP contribution in [0.3, 0.4) is 0 Å². The van der Waals surface area contributed by atoms with E-state index < -0.39 is 47.0 Å². The second kappa shape index (κ2) is 10.5. The minimum atomic E-state index is -4.99. The van der Waals surface area contributed by atoms with Gasteiger partial charge in [-0.1, -0.05) is 13.0 Å². The van der Waals surface area contributed by atoms with E-state index in [1.165, 1.54) is 26.1 Å². The molecule has 2 amide bonds. The molecule has 0 radical (unpaired) electrons. The minimum Gasteiger partial charge on any atom is -0.321 e. The fraction of sp³-hybridized carbons (Fsp3) is 0.500. The Bertz CT molecular complexity index is 1100. The molecular formula is C26H30F7N3O. The van der Waals surface area contributed by atoms with Gasteiger partial charge in [-0.15, -0.1) is 0 Å². The van der Waals surface area contributed by atoms with Crippen molar-refractivity contribution in [3.8, 4) is 0 Å². The molecule has 37 heavy (non-hydrogen) atoms. The Kier molecular flexibility index (Phi) is 8.16. The third-order valence-corrected chi connectivity index (χ3v) is 6.94. The molecule has 1 fully saturated rings. The summed E-state index contributed by atoms with van der Waals surface area (Å²) in [5.74, 6) is -0.433. The minimum absolute atomic E-state index is 0.0657. The molecule has 1 aliphatic rings. The molecule has 0 spiro atoms.